The summed E-state index contributed by atoms with van der Waals surface area (Å²) in [5.74, 6) is -0.547. The van der Waals surface area contributed by atoms with Crippen LogP contribution in [0.5, 0.6) is 0 Å². The number of halogens is 1. The van der Waals surface area contributed by atoms with Gasteiger partial charge in [0.05, 0.1) is 17.8 Å². The molecule has 2 aliphatic heterocycles. The van der Waals surface area contributed by atoms with Crippen LogP contribution in [-0.2, 0) is 4.79 Å². The van der Waals surface area contributed by atoms with Crippen LogP contribution in [0.25, 0.3) is 0 Å². The first-order valence-electron chi connectivity index (χ1n) is 7.40. The van der Waals surface area contributed by atoms with Crippen molar-refractivity contribution >= 4 is 17.3 Å². The first kappa shape index (κ1) is 14.3. The summed E-state index contributed by atoms with van der Waals surface area (Å²) in [7, 11) is 0. The zero-order chi connectivity index (χ0) is 14.8. The number of hydrogen-bond acceptors (Lipinski definition) is 4. The second kappa shape index (κ2) is 5.99. The molecule has 3 N–H and O–H groups in total. The van der Waals surface area contributed by atoms with Crippen LogP contribution < -0.4 is 15.5 Å². The van der Waals surface area contributed by atoms with Crippen LogP contribution in [0, 0.1) is 5.82 Å². The van der Waals surface area contributed by atoms with Crippen molar-refractivity contribution in [3.63, 3.8) is 0 Å². The minimum absolute atomic E-state index is 0.236. The third-order valence-corrected chi connectivity index (χ3v) is 4.09. The molecule has 2 aliphatic rings. The Labute approximate surface area is 123 Å². The lowest BCUT2D eigenvalue weighted by Crippen LogP contribution is -2.35. The highest BCUT2D eigenvalue weighted by Crippen LogP contribution is 2.26. The van der Waals surface area contributed by atoms with Crippen LogP contribution in [0.2, 0.25) is 0 Å². The molecule has 0 saturated carbocycles. The number of nitrogens with zero attached hydrogens (tertiary/aromatic N) is 1. The standard InChI is InChI=1S/C15H20FN3O2/c16-12-7-10(3-4-14(12)19-5-1-2-6-19)18-15(21)13-8-11(20)9-17-13/h3-4,7,11,13,17,20H,1-2,5-6,8-9H2,(H,18,21). The number of anilines is 2. The fourth-order valence-electron chi connectivity index (χ4n) is 2.95. The molecule has 6 heteroatoms. The molecular weight excluding hydrogens is 273 g/mol. The zero-order valence-electron chi connectivity index (χ0n) is 11.8. The fourth-order valence-corrected chi connectivity index (χ4v) is 2.95. The number of benzene rings is 1. The van der Waals surface area contributed by atoms with Gasteiger partial charge >= 0.3 is 0 Å². The normalized spacial score (nSPS) is 25.3. The fraction of sp³-hybridized carbons (Fsp3) is 0.533. The van der Waals surface area contributed by atoms with E-state index in [2.05, 4.69) is 10.6 Å². The van der Waals surface area contributed by atoms with E-state index in [0.717, 1.165) is 25.9 Å². The number of β-amino-alcohol motifs (C(OH)–C–C–N with tert-alkyl or cyclic N) is 1. The average Bonchev–Trinajstić information content (AvgIpc) is 3.10. The molecule has 2 unspecified atom stereocenters. The van der Waals surface area contributed by atoms with Crippen molar-refractivity contribution in [2.24, 2.45) is 0 Å². The zero-order valence-corrected chi connectivity index (χ0v) is 11.8. The summed E-state index contributed by atoms with van der Waals surface area (Å²) in [4.78, 5) is 14.0. The van der Waals surface area contributed by atoms with E-state index in [4.69, 9.17) is 0 Å². The van der Waals surface area contributed by atoms with Gasteiger partial charge in [-0.25, -0.2) is 4.39 Å². The van der Waals surface area contributed by atoms with Crippen molar-refractivity contribution in [1.29, 1.82) is 0 Å². The number of hydrogen-bond donors (Lipinski definition) is 3. The Balaban J connectivity index is 1.66. The van der Waals surface area contributed by atoms with Gasteiger partial charge < -0.3 is 20.6 Å². The van der Waals surface area contributed by atoms with Gasteiger partial charge in [0, 0.05) is 25.3 Å². The Hall–Kier alpha value is -1.66. The van der Waals surface area contributed by atoms with Gasteiger partial charge in [0.15, 0.2) is 0 Å². The number of nitrogens with one attached hydrogen (secondary N) is 2. The van der Waals surface area contributed by atoms with Crippen LogP contribution >= 0.6 is 0 Å². The predicted molar refractivity (Wildman–Crippen MR) is 78.9 cm³/mol. The Kier molecular flexibility index (Phi) is 4.07. The molecule has 0 aliphatic carbocycles. The molecule has 1 amide bonds. The monoisotopic (exact) mass is 293 g/mol. The SMILES string of the molecule is O=C(Nc1ccc(N2CCCC2)c(F)c1)C1CC(O)CN1. The van der Waals surface area contributed by atoms with Crippen LogP contribution in [0.15, 0.2) is 18.2 Å². The maximum atomic E-state index is 14.1. The van der Waals surface area contributed by atoms with E-state index in [1.54, 1.807) is 12.1 Å². The molecular formula is C15H20FN3O2. The molecule has 0 radical (unpaired) electrons. The van der Waals surface area contributed by atoms with Crippen molar-refractivity contribution in [3.8, 4) is 0 Å². The molecule has 2 saturated heterocycles. The van der Waals surface area contributed by atoms with Crippen molar-refractivity contribution in [2.75, 3.05) is 29.9 Å². The topological polar surface area (TPSA) is 64.6 Å². The van der Waals surface area contributed by atoms with Crippen molar-refractivity contribution in [2.45, 2.75) is 31.4 Å². The second-order valence-corrected chi connectivity index (χ2v) is 5.70. The number of carbonyl (C=O) groups is 1. The number of carbonyl (C=O) groups excluding carboxylic acids is 1. The molecule has 0 spiro atoms. The smallest absolute Gasteiger partial charge is 0.241 e. The molecule has 1 aromatic carbocycles. The quantitative estimate of drug-likeness (QED) is 0.780. The molecule has 5 nitrogen and oxygen atoms in total. The maximum Gasteiger partial charge on any atom is 0.241 e. The molecule has 0 bridgehead atoms. The van der Waals surface area contributed by atoms with Gasteiger partial charge in [-0.2, -0.15) is 0 Å². The minimum Gasteiger partial charge on any atom is -0.392 e. The lowest BCUT2D eigenvalue weighted by atomic mass is 10.2. The van der Waals surface area contributed by atoms with E-state index < -0.39 is 12.1 Å². The molecule has 21 heavy (non-hydrogen) atoms. The van der Waals surface area contributed by atoms with Crippen LogP contribution in [-0.4, -0.2) is 42.8 Å². The second-order valence-electron chi connectivity index (χ2n) is 5.70. The average molecular weight is 293 g/mol. The molecule has 2 fully saturated rings. The largest absolute Gasteiger partial charge is 0.392 e. The Morgan fingerprint density at radius 1 is 1.38 bits per heavy atom. The highest BCUT2D eigenvalue weighted by atomic mass is 19.1. The molecule has 3 rings (SSSR count). The third-order valence-electron chi connectivity index (χ3n) is 4.09. The summed E-state index contributed by atoms with van der Waals surface area (Å²) < 4.78 is 14.1. The van der Waals surface area contributed by atoms with Gasteiger partial charge in [-0.05, 0) is 37.5 Å². The van der Waals surface area contributed by atoms with Gasteiger partial charge in [0.2, 0.25) is 5.91 Å². The summed E-state index contributed by atoms with van der Waals surface area (Å²) in [5.41, 5.74) is 1.04. The van der Waals surface area contributed by atoms with Gasteiger partial charge in [0.25, 0.3) is 0 Å². The van der Waals surface area contributed by atoms with E-state index in [9.17, 15) is 14.3 Å². The van der Waals surface area contributed by atoms with Gasteiger partial charge in [-0.3, -0.25) is 4.79 Å². The summed E-state index contributed by atoms with van der Waals surface area (Å²) >= 11 is 0. The van der Waals surface area contributed by atoms with Crippen LogP contribution in [0.1, 0.15) is 19.3 Å². The Morgan fingerprint density at radius 2 is 2.14 bits per heavy atom. The van der Waals surface area contributed by atoms with E-state index in [1.807, 2.05) is 4.90 Å². The molecule has 114 valence electrons. The van der Waals surface area contributed by atoms with E-state index in [1.165, 1.54) is 6.07 Å². The Morgan fingerprint density at radius 3 is 2.76 bits per heavy atom. The van der Waals surface area contributed by atoms with Crippen molar-refractivity contribution in [3.05, 3.63) is 24.0 Å². The number of aliphatic hydroxyl groups excluding tert-OH is 1. The van der Waals surface area contributed by atoms with Crippen LogP contribution in [0.4, 0.5) is 15.8 Å². The van der Waals surface area contributed by atoms with Gasteiger partial charge in [0.1, 0.15) is 5.82 Å². The first-order chi connectivity index (χ1) is 10.1. The number of amides is 1. The highest BCUT2D eigenvalue weighted by Gasteiger charge is 2.28. The van der Waals surface area contributed by atoms with E-state index in [-0.39, 0.29) is 11.7 Å². The lowest BCUT2D eigenvalue weighted by molar-refractivity contribution is -0.117. The minimum atomic E-state index is -0.491. The highest BCUT2D eigenvalue weighted by molar-refractivity contribution is 5.95. The predicted octanol–water partition coefficient (Wildman–Crippen LogP) is 1.09. The summed E-state index contributed by atoms with van der Waals surface area (Å²) in [6, 6.07) is 4.38. The van der Waals surface area contributed by atoms with E-state index in [0.29, 0.717) is 24.3 Å². The first-order valence-corrected chi connectivity index (χ1v) is 7.40. The van der Waals surface area contributed by atoms with Crippen LogP contribution in [0.3, 0.4) is 0 Å². The maximum absolute atomic E-state index is 14.1. The third kappa shape index (κ3) is 3.16. The number of rotatable bonds is 3. The van der Waals surface area contributed by atoms with Gasteiger partial charge in [-0.1, -0.05) is 0 Å². The molecule has 2 heterocycles. The lowest BCUT2D eigenvalue weighted by Gasteiger charge is -2.19. The summed E-state index contributed by atoms with van der Waals surface area (Å²) in [5, 5.41) is 15.0. The summed E-state index contributed by atoms with van der Waals surface area (Å²) in [6.07, 6.45) is 2.08. The Bertz CT molecular complexity index is 532. The number of aliphatic hydroxyl groups is 1. The summed E-state index contributed by atoms with van der Waals surface area (Å²) in [6.45, 7) is 2.18. The van der Waals surface area contributed by atoms with Gasteiger partial charge in [-0.15, -0.1) is 0 Å². The molecule has 0 aromatic heterocycles. The van der Waals surface area contributed by atoms with Crippen molar-refractivity contribution < 1.29 is 14.3 Å². The molecule has 2 atom stereocenters. The van der Waals surface area contributed by atoms with Crippen molar-refractivity contribution in [1.82, 2.24) is 5.32 Å². The van der Waals surface area contributed by atoms with E-state index >= 15 is 0 Å². The molecule has 1 aromatic rings.